The van der Waals surface area contributed by atoms with Crippen LogP contribution in [0.1, 0.15) is 17.9 Å². The zero-order valence-electron chi connectivity index (χ0n) is 13.7. The van der Waals surface area contributed by atoms with Gasteiger partial charge in [-0.15, -0.1) is 11.8 Å². The Balaban J connectivity index is 1.47. The lowest BCUT2D eigenvalue weighted by molar-refractivity contribution is 0.317. The average molecular weight is 326 g/mol. The van der Waals surface area contributed by atoms with Gasteiger partial charge in [-0.1, -0.05) is 24.3 Å². The van der Waals surface area contributed by atoms with Crippen molar-refractivity contribution in [1.29, 1.82) is 0 Å². The summed E-state index contributed by atoms with van der Waals surface area (Å²) >= 11 is 1.78. The van der Waals surface area contributed by atoms with Crippen LogP contribution in [0.4, 0.5) is 0 Å². The molecule has 1 heterocycles. The molecule has 0 saturated carbocycles. The topological polar surface area (TPSA) is 29.3 Å². The molecule has 2 aromatic carbocycles. The highest BCUT2D eigenvalue weighted by molar-refractivity contribution is 7.98. The van der Waals surface area contributed by atoms with Crippen molar-refractivity contribution in [2.75, 3.05) is 19.8 Å². The first-order valence-corrected chi connectivity index (χ1v) is 9.13. The summed E-state index contributed by atoms with van der Waals surface area (Å²) in [4.78, 5) is 8.18. The summed E-state index contributed by atoms with van der Waals surface area (Å²) in [6, 6.07) is 16.7. The van der Waals surface area contributed by atoms with Crippen LogP contribution >= 0.6 is 11.8 Å². The molecular weight excluding hydrogens is 304 g/mol. The third-order valence-corrected chi connectivity index (χ3v) is 4.62. The van der Waals surface area contributed by atoms with Crippen molar-refractivity contribution >= 4 is 22.9 Å². The molecule has 0 saturated heterocycles. The first kappa shape index (κ1) is 16.1. The lowest BCUT2D eigenvalue weighted by atomic mass is 10.2. The number of para-hydroxylation sites is 2. The van der Waals surface area contributed by atoms with Crippen molar-refractivity contribution in [1.82, 2.24) is 9.88 Å². The molecule has 120 valence electrons. The predicted octanol–water partition coefficient (Wildman–Crippen LogP) is 4.61. The summed E-state index contributed by atoms with van der Waals surface area (Å²) in [6.07, 6.45) is 4.03. The van der Waals surface area contributed by atoms with E-state index in [9.17, 15) is 0 Å². The standard InChI is InChI=1S/C19H22N2OS/c1-21(14-15-9-11-16(23-2)12-10-15)13-5-8-19-20-17-6-3-4-7-18(17)22-19/h3-4,6-7,9-12H,5,8,13-14H2,1-2H3. The van der Waals surface area contributed by atoms with E-state index in [1.165, 1.54) is 10.5 Å². The van der Waals surface area contributed by atoms with Crippen LogP contribution in [0.3, 0.4) is 0 Å². The molecule has 0 fully saturated rings. The number of oxazole rings is 1. The Bertz CT molecular complexity index is 718. The second-order valence-corrected chi connectivity index (χ2v) is 6.64. The molecule has 3 nitrogen and oxygen atoms in total. The molecule has 3 rings (SSSR count). The van der Waals surface area contributed by atoms with E-state index in [1.807, 2.05) is 24.3 Å². The number of thioether (sulfide) groups is 1. The minimum atomic E-state index is 0.837. The normalized spacial score (nSPS) is 11.4. The summed E-state index contributed by atoms with van der Waals surface area (Å²) in [7, 11) is 2.16. The monoisotopic (exact) mass is 326 g/mol. The molecule has 1 aromatic heterocycles. The average Bonchev–Trinajstić information content (AvgIpc) is 2.98. The maximum atomic E-state index is 5.76. The molecule has 0 N–H and O–H groups in total. The quantitative estimate of drug-likeness (QED) is 0.593. The highest BCUT2D eigenvalue weighted by Gasteiger charge is 2.06. The van der Waals surface area contributed by atoms with Crippen LogP contribution in [-0.2, 0) is 13.0 Å². The van der Waals surface area contributed by atoms with E-state index in [1.54, 1.807) is 11.8 Å². The van der Waals surface area contributed by atoms with Gasteiger partial charge in [0.2, 0.25) is 0 Å². The Kier molecular flexibility index (Phi) is 5.36. The number of aromatic nitrogens is 1. The summed E-state index contributed by atoms with van der Waals surface area (Å²) in [6.45, 7) is 2.01. The third-order valence-electron chi connectivity index (χ3n) is 3.88. The van der Waals surface area contributed by atoms with Crippen molar-refractivity contribution < 1.29 is 4.42 Å². The number of rotatable bonds is 7. The number of fused-ring (bicyclic) bond motifs is 1. The minimum Gasteiger partial charge on any atom is -0.441 e. The lowest BCUT2D eigenvalue weighted by Crippen LogP contribution is -2.19. The maximum Gasteiger partial charge on any atom is 0.195 e. The van der Waals surface area contributed by atoms with E-state index in [2.05, 4.69) is 47.5 Å². The molecule has 0 spiro atoms. The molecule has 0 aliphatic heterocycles. The smallest absolute Gasteiger partial charge is 0.195 e. The molecule has 0 unspecified atom stereocenters. The molecule has 0 bridgehead atoms. The molecule has 0 radical (unpaired) electrons. The second-order valence-electron chi connectivity index (χ2n) is 5.76. The fourth-order valence-corrected chi connectivity index (χ4v) is 3.06. The van der Waals surface area contributed by atoms with E-state index < -0.39 is 0 Å². The highest BCUT2D eigenvalue weighted by atomic mass is 32.2. The van der Waals surface area contributed by atoms with Gasteiger partial charge in [0, 0.05) is 17.9 Å². The van der Waals surface area contributed by atoms with Crippen LogP contribution in [0.2, 0.25) is 0 Å². The molecule has 0 atom stereocenters. The van der Waals surface area contributed by atoms with E-state index in [4.69, 9.17) is 4.42 Å². The van der Waals surface area contributed by atoms with Crippen molar-refractivity contribution in [3.05, 3.63) is 60.0 Å². The number of nitrogens with zero attached hydrogens (tertiary/aromatic N) is 2. The highest BCUT2D eigenvalue weighted by Crippen LogP contribution is 2.17. The van der Waals surface area contributed by atoms with E-state index in [-0.39, 0.29) is 0 Å². The van der Waals surface area contributed by atoms with Crippen LogP contribution in [-0.4, -0.2) is 29.7 Å². The van der Waals surface area contributed by atoms with Crippen LogP contribution in [0, 0.1) is 0 Å². The first-order chi connectivity index (χ1) is 11.2. The minimum absolute atomic E-state index is 0.837. The van der Waals surface area contributed by atoms with Gasteiger partial charge < -0.3 is 9.32 Å². The van der Waals surface area contributed by atoms with E-state index in [0.717, 1.165) is 42.9 Å². The molecule has 3 aromatic rings. The van der Waals surface area contributed by atoms with Crippen molar-refractivity contribution in [3.8, 4) is 0 Å². The van der Waals surface area contributed by atoms with E-state index >= 15 is 0 Å². The van der Waals surface area contributed by atoms with Crippen LogP contribution < -0.4 is 0 Å². The summed E-state index contributed by atoms with van der Waals surface area (Å²) in [5, 5.41) is 0. The fraction of sp³-hybridized carbons (Fsp3) is 0.316. The predicted molar refractivity (Wildman–Crippen MR) is 96.9 cm³/mol. The fourth-order valence-electron chi connectivity index (χ4n) is 2.65. The first-order valence-electron chi connectivity index (χ1n) is 7.90. The third kappa shape index (κ3) is 4.36. The van der Waals surface area contributed by atoms with Crippen molar-refractivity contribution in [3.63, 3.8) is 0 Å². The van der Waals surface area contributed by atoms with Gasteiger partial charge in [-0.3, -0.25) is 0 Å². The van der Waals surface area contributed by atoms with Crippen LogP contribution in [0.5, 0.6) is 0 Å². The van der Waals surface area contributed by atoms with Gasteiger partial charge in [-0.25, -0.2) is 4.98 Å². The number of hydrogen-bond donors (Lipinski definition) is 0. The number of benzene rings is 2. The number of hydrogen-bond acceptors (Lipinski definition) is 4. The van der Waals surface area contributed by atoms with Gasteiger partial charge in [-0.2, -0.15) is 0 Å². The SMILES string of the molecule is CSc1ccc(CN(C)CCCc2nc3ccccc3o2)cc1. The molecule has 0 aliphatic rings. The Morgan fingerprint density at radius 3 is 2.61 bits per heavy atom. The molecule has 23 heavy (non-hydrogen) atoms. The number of aryl methyl sites for hydroxylation is 1. The summed E-state index contributed by atoms with van der Waals surface area (Å²) in [5.41, 5.74) is 3.18. The van der Waals surface area contributed by atoms with Gasteiger partial charge in [0.1, 0.15) is 5.52 Å². The van der Waals surface area contributed by atoms with Crippen LogP contribution in [0.15, 0.2) is 57.8 Å². The Morgan fingerprint density at radius 1 is 1.09 bits per heavy atom. The molecule has 0 aliphatic carbocycles. The molecule has 0 amide bonds. The maximum absolute atomic E-state index is 5.76. The Labute approximate surface area is 141 Å². The van der Waals surface area contributed by atoms with Gasteiger partial charge in [0.15, 0.2) is 11.5 Å². The zero-order valence-corrected chi connectivity index (χ0v) is 14.5. The molecular formula is C19H22N2OS. The molecule has 4 heteroatoms. The van der Waals surface area contributed by atoms with Crippen LogP contribution in [0.25, 0.3) is 11.1 Å². The van der Waals surface area contributed by atoms with Gasteiger partial charge >= 0.3 is 0 Å². The summed E-state index contributed by atoms with van der Waals surface area (Å²) < 4.78 is 5.76. The Morgan fingerprint density at radius 2 is 1.87 bits per heavy atom. The van der Waals surface area contributed by atoms with Gasteiger partial charge in [-0.05, 0) is 56.1 Å². The van der Waals surface area contributed by atoms with Crippen molar-refractivity contribution in [2.45, 2.75) is 24.3 Å². The second kappa shape index (κ2) is 7.66. The lowest BCUT2D eigenvalue weighted by Gasteiger charge is -2.16. The summed E-state index contributed by atoms with van der Waals surface area (Å²) in [5.74, 6) is 0.837. The van der Waals surface area contributed by atoms with E-state index in [0.29, 0.717) is 0 Å². The largest absolute Gasteiger partial charge is 0.441 e. The van der Waals surface area contributed by atoms with Gasteiger partial charge in [0.25, 0.3) is 0 Å². The Hall–Kier alpha value is -1.78. The van der Waals surface area contributed by atoms with Crippen molar-refractivity contribution in [2.24, 2.45) is 0 Å². The van der Waals surface area contributed by atoms with Gasteiger partial charge in [0.05, 0.1) is 0 Å². The zero-order chi connectivity index (χ0) is 16.1.